The van der Waals surface area contributed by atoms with Crippen LogP contribution in [0.25, 0.3) is 5.69 Å². The SMILES string of the molecule is CCNC(=NCC(=O)N1CCCC1)NCCc1ccn(-c2ccc(F)cc2)n1.I. The molecule has 1 aliphatic rings. The van der Waals surface area contributed by atoms with Crippen molar-refractivity contribution >= 4 is 35.8 Å². The van der Waals surface area contributed by atoms with Crippen LogP contribution in [0.2, 0.25) is 0 Å². The van der Waals surface area contributed by atoms with Crippen molar-refractivity contribution in [1.29, 1.82) is 0 Å². The number of nitrogens with zero attached hydrogens (tertiary/aromatic N) is 4. The summed E-state index contributed by atoms with van der Waals surface area (Å²) in [6.07, 6.45) is 4.73. The van der Waals surface area contributed by atoms with Crippen LogP contribution in [0.5, 0.6) is 0 Å². The number of rotatable bonds is 7. The number of likely N-dealkylation sites (tertiary alicyclic amines) is 1. The summed E-state index contributed by atoms with van der Waals surface area (Å²) >= 11 is 0. The van der Waals surface area contributed by atoms with Gasteiger partial charge in [-0.25, -0.2) is 14.1 Å². The average Bonchev–Trinajstić information content (AvgIpc) is 3.39. The standard InChI is InChI=1S/C20H27FN6O.HI/c1-2-22-20(24-15-19(28)26-12-3-4-13-26)23-11-9-17-10-14-27(25-17)18-7-5-16(21)6-8-18;/h5-8,10,14H,2-4,9,11-13,15H2,1H3,(H2,22,23,24);1H. The van der Waals surface area contributed by atoms with Crippen molar-refractivity contribution in [3.8, 4) is 5.69 Å². The first-order valence-corrected chi connectivity index (χ1v) is 9.76. The van der Waals surface area contributed by atoms with Gasteiger partial charge in [0.2, 0.25) is 5.91 Å². The molecule has 1 aromatic heterocycles. The Kier molecular flexibility index (Phi) is 9.36. The second kappa shape index (κ2) is 11.7. The maximum absolute atomic E-state index is 13.0. The molecule has 0 unspecified atom stereocenters. The van der Waals surface area contributed by atoms with Gasteiger partial charge in [-0.15, -0.1) is 24.0 Å². The van der Waals surface area contributed by atoms with E-state index in [1.54, 1.807) is 16.8 Å². The van der Waals surface area contributed by atoms with Crippen LogP contribution in [0, 0.1) is 5.82 Å². The highest BCUT2D eigenvalue weighted by atomic mass is 127. The molecule has 0 bridgehead atoms. The van der Waals surface area contributed by atoms with Crippen LogP contribution in [0.3, 0.4) is 0 Å². The van der Waals surface area contributed by atoms with Crippen LogP contribution in [0.1, 0.15) is 25.5 Å². The predicted octanol–water partition coefficient (Wildman–Crippen LogP) is 2.35. The summed E-state index contributed by atoms with van der Waals surface area (Å²) in [6.45, 7) is 5.20. The number of aromatic nitrogens is 2. The first-order chi connectivity index (χ1) is 13.7. The molecular weight excluding hydrogens is 486 g/mol. The van der Waals surface area contributed by atoms with Crippen molar-refractivity contribution in [3.63, 3.8) is 0 Å². The number of nitrogens with one attached hydrogen (secondary N) is 2. The van der Waals surface area contributed by atoms with Crippen LogP contribution in [-0.2, 0) is 11.2 Å². The largest absolute Gasteiger partial charge is 0.357 e. The number of halogens is 2. The van der Waals surface area contributed by atoms with E-state index in [0.29, 0.717) is 18.9 Å². The number of carbonyl (C=O) groups is 1. The molecule has 0 aliphatic carbocycles. The van der Waals surface area contributed by atoms with Crippen molar-refractivity contribution in [2.45, 2.75) is 26.2 Å². The maximum atomic E-state index is 13.0. The lowest BCUT2D eigenvalue weighted by Crippen LogP contribution is -2.39. The monoisotopic (exact) mass is 514 g/mol. The number of amides is 1. The molecule has 0 atom stereocenters. The van der Waals surface area contributed by atoms with Gasteiger partial charge in [0.15, 0.2) is 5.96 Å². The number of hydrogen-bond acceptors (Lipinski definition) is 3. The average molecular weight is 514 g/mol. The molecule has 158 valence electrons. The zero-order valence-corrected chi connectivity index (χ0v) is 18.9. The minimum absolute atomic E-state index is 0. The van der Waals surface area contributed by atoms with E-state index >= 15 is 0 Å². The fourth-order valence-electron chi connectivity index (χ4n) is 3.10. The van der Waals surface area contributed by atoms with Gasteiger partial charge < -0.3 is 15.5 Å². The van der Waals surface area contributed by atoms with Gasteiger partial charge in [0, 0.05) is 38.8 Å². The van der Waals surface area contributed by atoms with Gasteiger partial charge in [0.05, 0.1) is 11.4 Å². The van der Waals surface area contributed by atoms with Crippen molar-refractivity contribution in [2.75, 3.05) is 32.7 Å². The van der Waals surface area contributed by atoms with Crippen molar-refractivity contribution in [2.24, 2.45) is 4.99 Å². The highest BCUT2D eigenvalue weighted by Crippen LogP contribution is 2.09. The summed E-state index contributed by atoms with van der Waals surface area (Å²) in [6, 6.07) is 8.16. The summed E-state index contributed by atoms with van der Waals surface area (Å²) in [5, 5.41) is 10.9. The van der Waals surface area contributed by atoms with E-state index in [2.05, 4.69) is 20.7 Å². The Balaban J connectivity index is 0.00000300. The summed E-state index contributed by atoms with van der Waals surface area (Å²) in [4.78, 5) is 18.4. The first-order valence-electron chi connectivity index (χ1n) is 9.76. The molecule has 3 rings (SSSR count). The van der Waals surface area contributed by atoms with Crippen LogP contribution in [-0.4, -0.2) is 59.3 Å². The number of hydrogen-bond donors (Lipinski definition) is 2. The Hall–Kier alpha value is -2.17. The van der Waals surface area contributed by atoms with E-state index in [9.17, 15) is 9.18 Å². The molecule has 2 N–H and O–H groups in total. The number of carbonyl (C=O) groups excluding carboxylic acids is 1. The molecule has 1 saturated heterocycles. The van der Waals surface area contributed by atoms with Crippen LogP contribution in [0.4, 0.5) is 4.39 Å². The molecule has 1 aromatic carbocycles. The summed E-state index contributed by atoms with van der Waals surface area (Å²) in [5.41, 5.74) is 1.73. The molecule has 2 heterocycles. The van der Waals surface area contributed by atoms with Gasteiger partial charge in [-0.05, 0) is 50.1 Å². The lowest BCUT2D eigenvalue weighted by molar-refractivity contribution is -0.128. The van der Waals surface area contributed by atoms with Crippen molar-refractivity contribution < 1.29 is 9.18 Å². The Morgan fingerprint density at radius 2 is 1.90 bits per heavy atom. The van der Waals surface area contributed by atoms with Crippen LogP contribution < -0.4 is 10.6 Å². The molecule has 7 nitrogen and oxygen atoms in total. The second-order valence-electron chi connectivity index (χ2n) is 6.69. The highest BCUT2D eigenvalue weighted by molar-refractivity contribution is 14.0. The minimum Gasteiger partial charge on any atom is -0.357 e. The normalized spacial score (nSPS) is 13.9. The van der Waals surface area contributed by atoms with Gasteiger partial charge in [0.1, 0.15) is 12.4 Å². The summed E-state index contributed by atoms with van der Waals surface area (Å²) in [5.74, 6) is 0.444. The summed E-state index contributed by atoms with van der Waals surface area (Å²) < 4.78 is 14.8. The van der Waals surface area contributed by atoms with Crippen molar-refractivity contribution in [1.82, 2.24) is 25.3 Å². The third kappa shape index (κ3) is 6.98. The maximum Gasteiger partial charge on any atom is 0.244 e. The Bertz CT molecular complexity index is 802. The third-order valence-corrected chi connectivity index (χ3v) is 4.58. The van der Waals surface area contributed by atoms with Crippen LogP contribution in [0.15, 0.2) is 41.5 Å². The predicted molar refractivity (Wildman–Crippen MR) is 122 cm³/mol. The Morgan fingerprint density at radius 1 is 1.17 bits per heavy atom. The van der Waals surface area contributed by atoms with Gasteiger partial charge in [-0.3, -0.25) is 4.79 Å². The third-order valence-electron chi connectivity index (χ3n) is 4.58. The highest BCUT2D eigenvalue weighted by Gasteiger charge is 2.17. The van der Waals surface area contributed by atoms with E-state index in [-0.39, 0.29) is 42.2 Å². The molecule has 1 amide bonds. The number of benzene rings is 1. The second-order valence-corrected chi connectivity index (χ2v) is 6.69. The molecule has 29 heavy (non-hydrogen) atoms. The fraction of sp³-hybridized carbons (Fsp3) is 0.450. The van der Waals surface area contributed by atoms with Gasteiger partial charge in [-0.1, -0.05) is 0 Å². The lowest BCUT2D eigenvalue weighted by Gasteiger charge is -2.15. The smallest absolute Gasteiger partial charge is 0.244 e. The zero-order valence-electron chi connectivity index (χ0n) is 16.6. The van der Waals surface area contributed by atoms with Gasteiger partial charge in [-0.2, -0.15) is 5.10 Å². The first kappa shape index (κ1) is 23.1. The topological polar surface area (TPSA) is 74.6 Å². The van der Waals surface area contributed by atoms with Gasteiger partial charge >= 0.3 is 0 Å². The molecule has 0 spiro atoms. The van der Waals surface area contributed by atoms with E-state index in [4.69, 9.17) is 0 Å². The number of aliphatic imine (C=N–C) groups is 1. The quantitative estimate of drug-likeness (QED) is 0.338. The van der Waals surface area contributed by atoms with E-state index in [1.807, 2.05) is 24.1 Å². The van der Waals surface area contributed by atoms with Crippen molar-refractivity contribution in [3.05, 3.63) is 48.0 Å². The fourth-order valence-corrected chi connectivity index (χ4v) is 3.10. The minimum atomic E-state index is -0.265. The molecular formula is C20H28FIN6O. The van der Waals surface area contributed by atoms with E-state index < -0.39 is 0 Å². The lowest BCUT2D eigenvalue weighted by atomic mass is 10.3. The summed E-state index contributed by atoms with van der Waals surface area (Å²) in [7, 11) is 0. The molecule has 0 radical (unpaired) electrons. The Morgan fingerprint density at radius 3 is 2.59 bits per heavy atom. The molecule has 2 aromatic rings. The molecule has 1 fully saturated rings. The van der Waals surface area contributed by atoms with E-state index in [0.717, 1.165) is 43.9 Å². The van der Waals surface area contributed by atoms with Crippen LogP contribution >= 0.6 is 24.0 Å². The molecule has 0 saturated carbocycles. The molecule has 9 heteroatoms. The Labute approximate surface area is 187 Å². The zero-order chi connectivity index (χ0) is 19.8. The van der Waals surface area contributed by atoms with Gasteiger partial charge in [0.25, 0.3) is 0 Å². The molecule has 1 aliphatic heterocycles. The number of guanidine groups is 1. The van der Waals surface area contributed by atoms with E-state index in [1.165, 1.54) is 12.1 Å².